The largest absolute Gasteiger partial charge is 0.497 e. The maximum Gasteiger partial charge on any atom is 0.251 e. The molecule has 0 aliphatic rings. The Bertz CT molecular complexity index is 802. The van der Waals surface area contributed by atoms with Gasteiger partial charge in [0.05, 0.1) is 19.5 Å². The Labute approximate surface area is 152 Å². The summed E-state index contributed by atoms with van der Waals surface area (Å²) in [7, 11) is 1.59. The molecule has 0 saturated heterocycles. The molecule has 0 unspecified atom stereocenters. The van der Waals surface area contributed by atoms with Crippen molar-refractivity contribution in [3.63, 3.8) is 0 Å². The van der Waals surface area contributed by atoms with Crippen molar-refractivity contribution in [3.05, 3.63) is 78.9 Å². The summed E-state index contributed by atoms with van der Waals surface area (Å²) in [6.07, 6.45) is 5.28. The van der Waals surface area contributed by atoms with E-state index in [2.05, 4.69) is 10.3 Å². The molecule has 1 atom stereocenters. The Morgan fingerprint density at radius 2 is 1.88 bits per heavy atom. The highest BCUT2D eigenvalue weighted by molar-refractivity contribution is 5.94. The van der Waals surface area contributed by atoms with Crippen LogP contribution in [-0.2, 0) is 6.54 Å². The first kappa shape index (κ1) is 17.5. The minimum atomic E-state index is -0.209. The van der Waals surface area contributed by atoms with Gasteiger partial charge in [0.2, 0.25) is 0 Å². The number of nitrogens with zero attached hydrogens (tertiary/aromatic N) is 2. The highest BCUT2D eigenvalue weighted by Crippen LogP contribution is 2.12. The Kier molecular flexibility index (Phi) is 5.88. The van der Waals surface area contributed by atoms with Crippen LogP contribution >= 0.6 is 0 Å². The minimum Gasteiger partial charge on any atom is -0.497 e. The highest BCUT2D eigenvalue weighted by atomic mass is 16.5. The maximum atomic E-state index is 12.6. The third kappa shape index (κ3) is 4.86. The predicted octanol–water partition coefficient (Wildman–Crippen LogP) is 2.77. The van der Waals surface area contributed by atoms with Crippen LogP contribution in [0.1, 0.15) is 10.4 Å². The number of carbonyl (C=O) groups excluding carboxylic acids is 1. The number of hydrogen-bond donors (Lipinski definition) is 1. The van der Waals surface area contributed by atoms with Gasteiger partial charge < -0.3 is 19.4 Å². The fourth-order valence-electron chi connectivity index (χ4n) is 2.51. The molecule has 1 N–H and O–H groups in total. The van der Waals surface area contributed by atoms with Crippen molar-refractivity contribution < 1.29 is 14.3 Å². The zero-order chi connectivity index (χ0) is 18.2. The summed E-state index contributed by atoms with van der Waals surface area (Å²) >= 11 is 0. The van der Waals surface area contributed by atoms with Crippen molar-refractivity contribution in [1.82, 2.24) is 14.9 Å². The number of imidazole rings is 1. The van der Waals surface area contributed by atoms with Crippen molar-refractivity contribution in [2.75, 3.05) is 13.7 Å². The lowest BCUT2D eigenvalue weighted by atomic mass is 10.2. The molecule has 0 bridgehead atoms. The van der Waals surface area contributed by atoms with Gasteiger partial charge in [-0.3, -0.25) is 4.79 Å². The first-order valence-corrected chi connectivity index (χ1v) is 8.33. The van der Waals surface area contributed by atoms with Gasteiger partial charge in [-0.2, -0.15) is 0 Å². The number of benzene rings is 2. The molecule has 0 fully saturated rings. The highest BCUT2D eigenvalue weighted by Gasteiger charge is 2.15. The molecule has 0 aliphatic heterocycles. The van der Waals surface area contributed by atoms with Gasteiger partial charge in [-0.15, -0.1) is 0 Å². The van der Waals surface area contributed by atoms with Crippen LogP contribution in [0.25, 0.3) is 0 Å². The van der Waals surface area contributed by atoms with Crippen molar-refractivity contribution in [3.8, 4) is 11.5 Å². The fraction of sp³-hybridized carbons (Fsp3) is 0.200. The smallest absolute Gasteiger partial charge is 0.251 e. The topological polar surface area (TPSA) is 65.4 Å². The number of nitrogens with one attached hydrogen (secondary N) is 1. The van der Waals surface area contributed by atoms with Gasteiger partial charge in [0.25, 0.3) is 5.91 Å². The molecular weight excluding hydrogens is 330 g/mol. The van der Waals surface area contributed by atoms with E-state index in [1.54, 1.807) is 43.9 Å². The number of ether oxygens (including phenoxy) is 2. The van der Waals surface area contributed by atoms with Crippen LogP contribution in [-0.4, -0.2) is 35.2 Å². The van der Waals surface area contributed by atoms with Crippen LogP contribution in [0.5, 0.6) is 11.5 Å². The number of carbonyl (C=O) groups is 1. The number of hydrogen-bond acceptors (Lipinski definition) is 4. The lowest BCUT2D eigenvalue weighted by Crippen LogP contribution is -2.42. The molecule has 134 valence electrons. The molecular formula is C20H21N3O3. The number of aromatic nitrogens is 2. The monoisotopic (exact) mass is 351 g/mol. The summed E-state index contributed by atoms with van der Waals surface area (Å²) in [5.41, 5.74) is 0.571. The fourth-order valence-corrected chi connectivity index (χ4v) is 2.51. The third-order valence-electron chi connectivity index (χ3n) is 3.87. The van der Waals surface area contributed by atoms with Crippen LogP contribution in [0.3, 0.4) is 0 Å². The Hall–Kier alpha value is -3.28. The summed E-state index contributed by atoms with van der Waals surface area (Å²) in [6.45, 7) is 0.915. The Morgan fingerprint density at radius 1 is 1.12 bits per heavy atom. The quantitative estimate of drug-likeness (QED) is 0.678. The van der Waals surface area contributed by atoms with Crippen LogP contribution in [0.2, 0.25) is 0 Å². The normalized spacial score (nSPS) is 11.6. The summed E-state index contributed by atoms with van der Waals surface area (Å²) in [6, 6.07) is 16.3. The molecule has 1 aromatic heterocycles. The zero-order valence-corrected chi connectivity index (χ0v) is 14.5. The van der Waals surface area contributed by atoms with E-state index in [-0.39, 0.29) is 11.9 Å². The SMILES string of the molecule is COc1ccc(C(=O)N[C@@H](COc2ccccc2)Cn2ccnc2)cc1. The molecule has 0 saturated carbocycles. The van der Waals surface area contributed by atoms with Crippen molar-refractivity contribution in [2.24, 2.45) is 0 Å². The molecule has 0 aliphatic carbocycles. The molecule has 26 heavy (non-hydrogen) atoms. The van der Waals surface area contributed by atoms with E-state index in [4.69, 9.17) is 9.47 Å². The van der Waals surface area contributed by atoms with Gasteiger partial charge in [0, 0.05) is 24.5 Å². The second-order valence-electron chi connectivity index (χ2n) is 5.78. The average molecular weight is 351 g/mol. The third-order valence-corrected chi connectivity index (χ3v) is 3.87. The minimum absolute atomic E-state index is 0.158. The van der Waals surface area contributed by atoms with E-state index < -0.39 is 0 Å². The standard InChI is InChI=1S/C20H21N3O3/c1-25-18-9-7-16(8-10-18)20(24)22-17(13-23-12-11-21-15-23)14-26-19-5-3-2-4-6-19/h2-12,15,17H,13-14H2,1H3,(H,22,24)/t17-/m1/s1. The first-order chi connectivity index (χ1) is 12.7. The van der Waals surface area contributed by atoms with Crippen molar-refractivity contribution in [1.29, 1.82) is 0 Å². The number of rotatable bonds is 8. The van der Waals surface area contributed by atoms with E-state index in [0.717, 1.165) is 5.75 Å². The number of amides is 1. The molecule has 0 spiro atoms. The van der Waals surface area contributed by atoms with E-state index >= 15 is 0 Å². The molecule has 0 radical (unpaired) electrons. The molecule has 3 rings (SSSR count). The van der Waals surface area contributed by atoms with Gasteiger partial charge in [-0.1, -0.05) is 18.2 Å². The Balaban J connectivity index is 1.66. The summed E-state index contributed by atoms with van der Waals surface area (Å²) < 4.78 is 12.9. The van der Waals surface area contributed by atoms with E-state index in [0.29, 0.717) is 24.5 Å². The molecule has 6 heteroatoms. The molecule has 1 amide bonds. The van der Waals surface area contributed by atoms with Gasteiger partial charge in [0.1, 0.15) is 18.1 Å². The lowest BCUT2D eigenvalue weighted by Gasteiger charge is -2.20. The predicted molar refractivity (Wildman–Crippen MR) is 98.4 cm³/mol. The van der Waals surface area contributed by atoms with Crippen LogP contribution in [0, 0.1) is 0 Å². The summed E-state index contributed by atoms with van der Waals surface area (Å²) in [5.74, 6) is 1.32. The van der Waals surface area contributed by atoms with E-state index in [9.17, 15) is 4.79 Å². The van der Waals surface area contributed by atoms with Gasteiger partial charge in [-0.05, 0) is 36.4 Å². The zero-order valence-electron chi connectivity index (χ0n) is 14.5. The average Bonchev–Trinajstić information content (AvgIpc) is 3.20. The summed E-state index contributed by atoms with van der Waals surface area (Å²) in [4.78, 5) is 16.6. The van der Waals surface area contributed by atoms with Gasteiger partial charge >= 0.3 is 0 Å². The second-order valence-corrected chi connectivity index (χ2v) is 5.78. The molecule has 1 heterocycles. The van der Waals surface area contributed by atoms with Gasteiger partial charge in [0.15, 0.2) is 0 Å². The number of methoxy groups -OCH3 is 1. The first-order valence-electron chi connectivity index (χ1n) is 8.33. The van der Waals surface area contributed by atoms with Crippen molar-refractivity contribution in [2.45, 2.75) is 12.6 Å². The molecule has 2 aromatic carbocycles. The lowest BCUT2D eigenvalue weighted by molar-refractivity contribution is 0.0915. The van der Waals surface area contributed by atoms with Crippen LogP contribution < -0.4 is 14.8 Å². The van der Waals surface area contributed by atoms with Crippen LogP contribution in [0.15, 0.2) is 73.3 Å². The van der Waals surface area contributed by atoms with Crippen LogP contribution in [0.4, 0.5) is 0 Å². The maximum absolute atomic E-state index is 12.6. The second kappa shape index (κ2) is 8.71. The van der Waals surface area contributed by atoms with E-state index in [1.807, 2.05) is 41.1 Å². The Morgan fingerprint density at radius 3 is 2.54 bits per heavy atom. The van der Waals surface area contributed by atoms with Gasteiger partial charge in [-0.25, -0.2) is 4.98 Å². The summed E-state index contributed by atoms with van der Waals surface area (Å²) in [5, 5.41) is 3.03. The molecule has 3 aromatic rings. The number of para-hydroxylation sites is 1. The van der Waals surface area contributed by atoms with Crippen molar-refractivity contribution >= 4 is 5.91 Å². The molecule has 6 nitrogen and oxygen atoms in total. The van der Waals surface area contributed by atoms with E-state index in [1.165, 1.54) is 0 Å².